The predicted molar refractivity (Wildman–Crippen MR) is 110 cm³/mol. The SMILES string of the molecule is COC(=O)c1ccc(CN2C(=O)NC(=Cc3ccc(N4CCCC4)cc3C)C2=O)o1. The van der Waals surface area contributed by atoms with E-state index in [0.717, 1.165) is 29.1 Å². The summed E-state index contributed by atoms with van der Waals surface area (Å²) in [6.45, 7) is 4.04. The summed E-state index contributed by atoms with van der Waals surface area (Å²) >= 11 is 0. The Morgan fingerprint density at radius 2 is 1.97 bits per heavy atom. The first-order valence-electron chi connectivity index (χ1n) is 9.83. The number of amides is 3. The Hall–Kier alpha value is -3.55. The van der Waals surface area contributed by atoms with Gasteiger partial charge in [0.25, 0.3) is 5.91 Å². The molecule has 3 heterocycles. The van der Waals surface area contributed by atoms with Crippen LogP contribution in [-0.2, 0) is 16.1 Å². The smallest absolute Gasteiger partial charge is 0.373 e. The lowest BCUT2D eigenvalue weighted by Crippen LogP contribution is -2.30. The molecule has 3 amide bonds. The molecule has 2 saturated heterocycles. The maximum atomic E-state index is 12.7. The van der Waals surface area contributed by atoms with Crippen LogP contribution in [0.25, 0.3) is 6.08 Å². The van der Waals surface area contributed by atoms with E-state index < -0.39 is 17.9 Å². The Kier molecular flexibility index (Phi) is 5.31. The number of nitrogens with zero attached hydrogens (tertiary/aromatic N) is 2. The summed E-state index contributed by atoms with van der Waals surface area (Å²) in [6.07, 6.45) is 4.10. The van der Waals surface area contributed by atoms with Gasteiger partial charge >= 0.3 is 12.0 Å². The Bertz CT molecular complexity index is 1030. The van der Waals surface area contributed by atoms with Gasteiger partial charge in [-0.05, 0) is 61.2 Å². The van der Waals surface area contributed by atoms with Gasteiger partial charge in [-0.25, -0.2) is 9.59 Å². The van der Waals surface area contributed by atoms with Crippen LogP contribution >= 0.6 is 0 Å². The van der Waals surface area contributed by atoms with Crippen LogP contribution in [0.1, 0.15) is 40.3 Å². The van der Waals surface area contributed by atoms with Crippen molar-refractivity contribution in [3.8, 4) is 0 Å². The van der Waals surface area contributed by atoms with E-state index >= 15 is 0 Å². The third kappa shape index (κ3) is 3.80. The monoisotopic (exact) mass is 409 g/mol. The van der Waals surface area contributed by atoms with Crippen LogP contribution in [0.3, 0.4) is 0 Å². The molecule has 0 spiro atoms. The number of nitrogens with one attached hydrogen (secondary N) is 1. The molecule has 30 heavy (non-hydrogen) atoms. The molecule has 1 aromatic carbocycles. The third-order valence-corrected chi connectivity index (χ3v) is 5.35. The summed E-state index contributed by atoms with van der Waals surface area (Å²) in [5.41, 5.74) is 3.28. The number of urea groups is 1. The average Bonchev–Trinajstić information content (AvgIpc) is 3.48. The molecular weight excluding hydrogens is 386 g/mol. The quantitative estimate of drug-likeness (QED) is 0.464. The molecule has 0 radical (unpaired) electrons. The standard InChI is InChI=1S/C22H23N3O5/c1-14-11-16(24-9-3-4-10-24)6-5-15(14)12-18-20(26)25(22(28)23-18)13-17-7-8-19(30-17)21(27)29-2/h5-8,11-12H,3-4,9-10,13H2,1-2H3,(H,23,28). The van der Waals surface area contributed by atoms with Gasteiger partial charge in [0.1, 0.15) is 11.5 Å². The molecule has 1 N–H and O–H groups in total. The number of anilines is 1. The number of carbonyl (C=O) groups is 3. The maximum Gasteiger partial charge on any atom is 0.373 e. The van der Waals surface area contributed by atoms with E-state index in [1.54, 1.807) is 6.08 Å². The van der Waals surface area contributed by atoms with E-state index in [4.69, 9.17) is 4.42 Å². The average molecular weight is 409 g/mol. The molecule has 0 unspecified atom stereocenters. The van der Waals surface area contributed by atoms with Gasteiger partial charge < -0.3 is 19.4 Å². The molecule has 8 heteroatoms. The molecule has 2 aliphatic rings. The minimum absolute atomic E-state index is 0.0176. The number of ether oxygens (including phenoxy) is 1. The van der Waals surface area contributed by atoms with E-state index in [2.05, 4.69) is 21.0 Å². The Morgan fingerprint density at radius 3 is 2.67 bits per heavy atom. The first-order valence-corrected chi connectivity index (χ1v) is 9.83. The molecule has 2 fully saturated rings. The van der Waals surface area contributed by atoms with Crippen molar-refractivity contribution in [1.82, 2.24) is 10.2 Å². The van der Waals surface area contributed by atoms with Gasteiger partial charge in [0.15, 0.2) is 0 Å². The zero-order valence-electron chi connectivity index (χ0n) is 16.9. The minimum Gasteiger partial charge on any atom is -0.463 e. The minimum atomic E-state index is -0.619. The molecule has 0 aliphatic carbocycles. The number of methoxy groups -OCH3 is 1. The summed E-state index contributed by atoms with van der Waals surface area (Å²) in [4.78, 5) is 39.9. The van der Waals surface area contributed by atoms with Crippen LogP contribution in [-0.4, -0.2) is 43.0 Å². The molecule has 2 aromatic rings. The van der Waals surface area contributed by atoms with E-state index in [1.165, 1.54) is 37.8 Å². The molecule has 0 atom stereocenters. The van der Waals surface area contributed by atoms with E-state index in [1.807, 2.05) is 19.1 Å². The third-order valence-electron chi connectivity index (χ3n) is 5.35. The zero-order chi connectivity index (χ0) is 21.3. The van der Waals surface area contributed by atoms with E-state index in [9.17, 15) is 14.4 Å². The molecule has 4 rings (SSSR count). The number of hydrogen-bond acceptors (Lipinski definition) is 6. The lowest BCUT2D eigenvalue weighted by Gasteiger charge is -2.18. The van der Waals surface area contributed by atoms with Crippen molar-refractivity contribution >= 4 is 29.7 Å². The highest BCUT2D eigenvalue weighted by molar-refractivity contribution is 6.13. The van der Waals surface area contributed by atoms with Gasteiger partial charge in [-0.2, -0.15) is 0 Å². The van der Waals surface area contributed by atoms with Crippen molar-refractivity contribution in [2.24, 2.45) is 0 Å². The number of carbonyl (C=O) groups excluding carboxylic acids is 3. The van der Waals surface area contributed by atoms with Crippen molar-refractivity contribution in [2.45, 2.75) is 26.3 Å². The second-order valence-electron chi connectivity index (χ2n) is 7.37. The highest BCUT2D eigenvalue weighted by Crippen LogP contribution is 2.25. The Morgan fingerprint density at radius 1 is 1.20 bits per heavy atom. The van der Waals surface area contributed by atoms with E-state index in [0.29, 0.717) is 5.76 Å². The lowest BCUT2D eigenvalue weighted by molar-refractivity contribution is -0.123. The van der Waals surface area contributed by atoms with Crippen molar-refractivity contribution in [3.63, 3.8) is 0 Å². The molecule has 2 aliphatic heterocycles. The van der Waals surface area contributed by atoms with Crippen LogP contribution in [0, 0.1) is 6.92 Å². The van der Waals surface area contributed by atoms with E-state index in [-0.39, 0.29) is 18.0 Å². The highest BCUT2D eigenvalue weighted by atomic mass is 16.5. The van der Waals surface area contributed by atoms with Crippen LogP contribution < -0.4 is 10.2 Å². The van der Waals surface area contributed by atoms with Crippen molar-refractivity contribution < 1.29 is 23.5 Å². The topological polar surface area (TPSA) is 92.1 Å². The largest absolute Gasteiger partial charge is 0.463 e. The lowest BCUT2D eigenvalue weighted by atomic mass is 10.1. The van der Waals surface area contributed by atoms with Crippen LogP contribution in [0.5, 0.6) is 0 Å². The summed E-state index contributed by atoms with van der Waals surface area (Å²) < 4.78 is 9.95. The van der Waals surface area contributed by atoms with Gasteiger partial charge in [-0.15, -0.1) is 0 Å². The molecule has 0 saturated carbocycles. The van der Waals surface area contributed by atoms with Gasteiger partial charge in [0.2, 0.25) is 5.76 Å². The fraction of sp³-hybridized carbons (Fsp3) is 0.318. The number of aryl methyl sites for hydroxylation is 1. The predicted octanol–water partition coefficient (Wildman–Crippen LogP) is 3.07. The fourth-order valence-corrected chi connectivity index (χ4v) is 3.69. The summed E-state index contributed by atoms with van der Waals surface area (Å²) in [7, 11) is 1.25. The Labute approximate surface area is 174 Å². The van der Waals surface area contributed by atoms with Crippen molar-refractivity contribution in [2.75, 3.05) is 25.1 Å². The first-order chi connectivity index (χ1) is 14.5. The molecular formula is C22H23N3O5. The molecule has 8 nitrogen and oxygen atoms in total. The van der Waals surface area contributed by atoms with Crippen molar-refractivity contribution in [3.05, 3.63) is 58.7 Å². The number of furan rings is 1. The number of rotatable bonds is 5. The van der Waals surface area contributed by atoms with Gasteiger partial charge in [-0.1, -0.05) is 6.07 Å². The Balaban J connectivity index is 1.50. The first kappa shape index (κ1) is 19.8. The normalized spacial score (nSPS) is 17.7. The van der Waals surface area contributed by atoms with Crippen LogP contribution in [0.4, 0.5) is 10.5 Å². The summed E-state index contributed by atoms with van der Waals surface area (Å²) in [6, 6.07) is 8.56. The molecule has 156 valence electrons. The fourth-order valence-electron chi connectivity index (χ4n) is 3.69. The highest BCUT2D eigenvalue weighted by Gasteiger charge is 2.34. The number of esters is 1. The second kappa shape index (κ2) is 8.06. The molecule has 1 aromatic heterocycles. The maximum absolute atomic E-state index is 12.7. The number of imide groups is 1. The van der Waals surface area contributed by atoms with Crippen molar-refractivity contribution in [1.29, 1.82) is 0 Å². The summed E-state index contributed by atoms with van der Waals surface area (Å²) in [5, 5.41) is 2.61. The molecule has 0 bridgehead atoms. The van der Waals surface area contributed by atoms with Gasteiger partial charge in [0, 0.05) is 18.8 Å². The van der Waals surface area contributed by atoms with Gasteiger partial charge in [-0.3, -0.25) is 9.69 Å². The number of hydrogen-bond donors (Lipinski definition) is 1. The zero-order valence-corrected chi connectivity index (χ0v) is 16.9. The van der Waals surface area contributed by atoms with Crippen LogP contribution in [0.2, 0.25) is 0 Å². The second-order valence-corrected chi connectivity index (χ2v) is 7.37. The summed E-state index contributed by atoms with van der Waals surface area (Å²) in [5.74, 6) is -0.735. The van der Waals surface area contributed by atoms with Gasteiger partial charge in [0.05, 0.1) is 13.7 Å². The number of benzene rings is 1. The van der Waals surface area contributed by atoms with Crippen LogP contribution in [0.15, 0.2) is 40.4 Å².